The lowest BCUT2D eigenvalue weighted by Crippen LogP contribution is -2.20. The highest BCUT2D eigenvalue weighted by Crippen LogP contribution is 2.37. The SMILES string of the molecule is OC(CCl)CNc1ccc(-c2ccccc2C(F)(F)F)cc1. The first-order valence-electron chi connectivity index (χ1n) is 6.66. The van der Waals surface area contributed by atoms with Gasteiger partial charge < -0.3 is 10.4 Å². The van der Waals surface area contributed by atoms with Crippen LogP contribution in [0.2, 0.25) is 0 Å². The number of halogens is 4. The average molecular weight is 330 g/mol. The van der Waals surface area contributed by atoms with Gasteiger partial charge in [0.15, 0.2) is 0 Å². The molecule has 0 aliphatic heterocycles. The van der Waals surface area contributed by atoms with E-state index in [0.29, 0.717) is 11.3 Å². The van der Waals surface area contributed by atoms with Crippen molar-refractivity contribution in [3.63, 3.8) is 0 Å². The monoisotopic (exact) mass is 329 g/mol. The number of anilines is 1. The number of hydrogen-bond donors (Lipinski definition) is 2. The zero-order valence-corrected chi connectivity index (χ0v) is 12.3. The fraction of sp³-hybridized carbons (Fsp3) is 0.250. The topological polar surface area (TPSA) is 32.3 Å². The van der Waals surface area contributed by atoms with Gasteiger partial charge in [-0.1, -0.05) is 30.3 Å². The summed E-state index contributed by atoms with van der Waals surface area (Å²) in [6.45, 7) is 0.280. The predicted octanol–water partition coefficient (Wildman–Crippen LogP) is 4.38. The van der Waals surface area contributed by atoms with Crippen molar-refractivity contribution in [3.8, 4) is 11.1 Å². The summed E-state index contributed by atoms with van der Waals surface area (Å²) in [5, 5.41) is 12.3. The van der Waals surface area contributed by atoms with Crippen molar-refractivity contribution in [2.75, 3.05) is 17.7 Å². The van der Waals surface area contributed by atoms with Crippen LogP contribution in [0.15, 0.2) is 48.5 Å². The number of nitrogens with one attached hydrogen (secondary N) is 1. The molecule has 0 fully saturated rings. The Morgan fingerprint density at radius 1 is 1.05 bits per heavy atom. The summed E-state index contributed by atoms with van der Waals surface area (Å²) in [6.07, 6.45) is -5.06. The Balaban J connectivity index is 2.21. The molecule has 0 saturated carbocycles. The Hall–Kier alpha value is -1.72. The van der Waals surface area contributed by atoms with E-state index in [1.807, 2.05) is 0 Å². The molecule has 0 aromatic heterocycles. The smallest absolute Gasteiger partial charge is 0.390 e. The van der Waals surface area contributed by atoms with E-state index in [1.165, 1.54) is 12.1 Å². The van der Waals surface area contributed by atoms with Crippen LogP contribution in [0.5, 0.6) is 0 Å². The molecule has 1 unspecified atom stereocenters. The van der Waals surface area contributed by atoms with E-state index >= 15 is 0 Å². The van der Waals surface area contributed by atoms with Gasteiger partial charge in [0.2, 0.25) is 0 Å². The molecule has 2 aromatic carbocycles. The van der Waals surface area contributed by atoms with Crippen molar-refractivity contribution in [3.05, 3.63) is 54.1 Å². The van der Waals surface area contributed by atoms with Crippen LogP contribution in [0.1, 0.15) is 5.56 Å². The van der Waals surface area contributed by atoms with Gasteiger partial charge in [-0.05, 0) is 29.3 Å². The van der Waals surface area contributed by atoms with Crippen molar-refractivity contribution in [2.24, 2.45) is 0 Å². The highest BCUT2D eigenvalue weighted by Gasteiger charge is 2.33. The summed E-state index contributed by atoms with van der Waals surface area (Å²) in [6, 6.07) is 12.0. The molecule has 118 valence electrons. The lowest BCUT2D eigenvalue weighted by atomic mass is 9.99. The molecule has 22 heavy (non-hydrogen) atoms. The molecule has 0 amide bonds. The van der Waals surface area contributed by atoms with Gasteiger partial charge in [-0.15, -0.1) is 11.6 Å². The summed E-state index contributed by atoms with van der Waals surface area (Å²) in [5.41, 5.74) is 0.671. The molecule has 0 bridgehead atoms. The Morgan fingerprint density at radius 3 is 2.27 bits per heavy atom. The Labute approximate surface area is 131 Å². The molecule has 2 N–H and O–H groups in total. The van der Waals surface area contributed by atoms with Crippen molar-refractivity contribution in [1.29, 1.82) is 0 Å². The van der Waals surface area contributed by atoms with Crippen molar-refractivity contribution < 1.29 is 18.3 Å². The maximum atomic E-state index is 13.0. The van der Waals surface area contributed by atoms with Crippen molar-refractivity contribution >= 4 is 17.3 Å². The molecular weight excluding hydrogens is 315 g/mol. The fourth-order valence-electron chi connectivity index (χ4n) is 2.04. The van der Waals surface area contributed by atoms with Crippen LogP contribution in [0.4, 0.5) is 18.9 Å². The van der Waals surface area contributed by atoms with Crippen LogP contribution in [-0.4, -0.2) is 23.6 Å². The standard InChI is InChI=1S/C16H15ClF3NO/c17-9-13(22)10-21-12-7-5-11(6-8-12)14-3-1-2-4-15(14)16(18,19)20/h1-8,13,21-22H,9-10H2. The molecule has 0 spiro atoms. The number of aliphatic hydroxyl groups excluding tert-OH is 1. The molecule has 0 radical (unpaired) electrons. The third kappa shape index (κ3) is 4.15. The number of aliphatic hydroxyl groups is 1. The van der Waals surface area contributed by atoms with Crippen molar-refractivity contribution in [2.45, 2.75) is 12.3 Å². The Kier molecular flexibility index (Phi) is 5.32. The van der Waals surface area contributed by atoms with Crippen LogP contribution < -0.4 is 5.32 Å². The summed E-state index contributed by atoms with van der Waals surface area (Å²) < 4.78 is 39.0. The van der Waals surface area contributed by atoms with Crippen LogP contribution in [-0.2, 0) is 6.18 Å². The summed E-state index contributed by atoms with van der Waals surface area (Å²) in [5.74, 6) is 0.115. The van der Waals surface area contributed by atoms with Gasteiger partial charge in [0, 0.05) is 12.2 Å². The quantitative estimate of drug-likeness (QED) is 0.798. The second kappa shape index (κ2) is 7.03. The zero-order valence-electron chi connectivity index (χ0n) is 11.6. The summed E-state index contributed by atoms with van der Waals surface area (Å²) in [4.78, 5) is 0. The van der Waals surface area contributed by atoms with Crippen LogP contribution >= 0.6 is 11.6 Å². The first kappa shape index (κ1) is 16.6. The molecule has 0 heterocycles. The Morgan fingerprint density at radius 2 is 1.68 bits per heavy atom. The fourth-order valence-corrected chi connectivity index (χ4v) is 2.15. The third-order valence-corrected chi connectivity index (χ3v) is 3.50. The minimum Gasteiger partial charge on any atom is -0.390 e. The zero-order chi connectivity index (χ0) is 16.2. The van der Waals surface area contributed by atoms with E-state index in [1.54, 1.807) is 30.3 Å². The normalized spacial score (nSPS) is 13.0. The molecule has 0 aliphatic carbocycles. The van der Waals surface area contributed by atoms with E-state index in [9.17, 15) is 18.3 Å². The second-order valence-electron chi connectivity index (χ2n) is 4.81. The van der Waals surface area contributed by atoms with Crippen LogP contribution in [0.3, 0.4) is 0 Å². The van der Waals surface area contributed by atoms with Gasteiger partial charge in [-0.25, -0.2) is 0 Å². The summed E-state index contributed by atoms with van der Waals surface area (Å²) in [7, 11) is 0. The first-order valence-corrected chi connectivity index (χ1v) is 7.20. The molecule has 0 saturated heterocycles. The Bertz CT molecular complexity index is 614. The maximum absolute atomic E-state index is 13.0. The van der Waals surface area contributed by atoms with E-state index in [-0.39, 0.29) is 18.0 Å². The lowest BCUT2D eigenvalue weighted by molar-refractivity contribution is -0.137. The van der Waals surface area contributed by atoms with E-state index in [2.05, 4.69) is 5.32 Å². The number of rotatable bonds is 5. The van der Waals surface area contributed by atoms with Gasteiger partial charge in [0.05, 0.1) is 17.5 Å². The van der Waals surface area contributed by atoms with E-state index in [0.717, 1.165) is 6.07 Å². The predicted molar refractivity (Wildman–Crippen MR) is 82.1 cm³/mol. The largest absolute Gasteiger partial charge is 0.417 e. The molecule has 0 aliphatic rings. The second-order valence-corrected chi connectivity index (χ2v) is 5.12. The van der Waals surface area contributed by atoms with Gasteiger partial charge in [-0.2, -0.15) is 13.2 Å². The first-order chi connectivity index (χ1) is 10.4. The molecule has 2 rings (SSSR count). The number of benzene rings is 2. The minimum atomic E-state index is -4.39. The molecule has 6 heteroatoms. The molecule has 1 atom stereocenters. The van der Waals surface area contributed by atoms with E-state index < -0.39 is 17.8 Å². The van der Waals surface area contributed by atoms with E-state index in [4.69, 9.17) is 11.6 Å². The van der Waals surface area contributed by atoms with Crippen LogP contribution in [0, 0.1) is 0 Å². The summed E-state index contributed by atoms with van der Waals surface area (Å²) >= 11 is 5.49. The highest BCUT2D eigenvalue weighted by molar-refractivity contribution is 6.18. The van der Waals surface area contributed by atoms with Gasteiger partial charge >= 0.3 is 6.18 Å². The average Bonchev–Trinajstić information content (AvgIpc) is 2.52. The van der Waals surface area contributed by atoms with Crippen molar-refractivity contribution in [1.82, 2.24) is 0 Å². The maximum Gasteiger partial charge on any atom is 0.417 e. The molecule has 2 aromatic rings. The molecular formula is C16H15ClF3NO. The third-order valence-electron chi connectivity index (χ3n) is 3.15. The van der Waals surface area contributed by atoms with Gasteiger partial charge in [0.1, 0.15) is 0 Å². The van der Waals surface area contributed by atoms with Crippen LogP contribution in [0.25, 0.3) is 11.1 Å². The van der Waals surface area contributed by atoms with Gasteiger partial charge in [0.25, 0.3) is 0 Å². The number of alkyl halides is 4. The molecule has 2 nitrogen and oxygen atoms in total. The number of hydrogen-bond acceptors (Lipinski definition) is 2. The van der Waals surface area contributed by atoms with Gasteiger partial charge in [-0.3, -0.25) is 0 Å². The lowest BCUT2D eigenvalue weighted by Gasteiger charge is -2.14. The minimum absolute atomic E-state index is 0.115. The highest BCUT2D eigenvalue weighted by atomic mass is 35.5.